The molecule has 1 atom stereocenters. The van der Waals surface area contributed by atoms with Crippen LogP contribution in [0.3, 0.4) is 0 Å². The Labute approximate surface area is 110 Å². The minimum Gasteiger partial charge on any atom is -0.326 e. The molecule has 3 N–H and O–H groups in total. The third-order valence-corrected chi connectivity index (χ3v) is 3.16. The van der Waals surface area contributed by atoms with Crippen molar-refractivity contribution >= 4 is 11.6 Å². The fourth-order valence-corrected chi connectivity index (χ4v) is 2.00. The first-order valence-electron chi connectivity index (χ1n) is 5.77. The number of rotatable bonds is 3. The van der Waals surface area contributed by atoms with Gasteiger partial charge in [-0.1, -0.05) is 0 Å². The second-order valence-corrected chi connectivity index (χ2v) is 4.53. The van der Waals surface area contributed by atoms with Crippen LogP contribution in [-0.4, -0.2) is 18.3 Å². The molecule has 0 radical (unpaired) electrons. The Kier molecular flexibility index (Phi) is 3.68. The Balaban J connectivity index is 2.41. The summed E-state index contributed by atoms with van der Waals surface area (Å²) < 4.78 is 64.6. The zero-order chi connectivity index (χ0) is 15.1. The fraction of sp³-hybridized carbons (Fsp3) is 0.417. The highest BCUT2D eigenvalue weighted by Crippen LogP contribution is 2.38. The Bertz CT molecular complexity index is 547. The highest BCUT2D eigenvalue weighted by Gasteiger charge is 2.48. The molecule has 20 heavy (non-hydrogen) atoms. The van der Waals surface area contributed by atoms with E-state index in [4.69, 9.17) is 5.73 Å². The first-order valence-corrected chi connectivity index (χ1v) is 5.77. The van der Waals surface area contributed by atoms with Crippen molar-refractivity contribution in [2.24, 2.45) is 5.73 Å². The Hall–Kier alpha value is -1.70. The number of alkyl halides is 4. The number of carbonyl (C=O) groups excluding carboxylic acids is 1. The lowest BCUT2D eigenvalue weighted by Gasteiger charge is -2.25. The molecular formula is C12H11F5N2O. The quantitative estimate of drug-likeness (QED) is 0.842. The largest absolute Gasteiger partial charge is 0.326 e. The summed E-state index contributed by atoms with van der Waals surface area (Å²) in [5.41, 5.74) is 4.93. The normalized spacial score (nSPS) is 16.9. The van der Waals surface area contributed by atoms with Crippen LogP contribution in [-0.2, 0) is 11.2 Å². The van der Waals surface area contributed by atoms with Crippen LogP contribution >= 0.6 is 0 Å². The number of fused-ring (bicyclic) bond motifs is 1. The number of carbonyl (C=O) groups is 1. The lowest BCUT2D eigenvalue weighted by Crippen LogP contribution is -2.40. The SMILES string of the molecule is NC(c1cc2c(cc1F)NC(=O)CC2)C(F)(F)C(F)F. The van der Waals surface area contributed by atoms with Gasteiger partial charge in [0.05, 0.1) is 0 Å². The topological polar surface area (TPSA) is 55.1 Å². The van der Waals surface area contributed by atoms with Crippen LogP contribution in [0.4, 0.5) is 27.6 Å². The molecule has 1 amide bonds. The van der Waals surface area contributed by atoms with E-state index in [2.05, 4.69) is 5.32 Å². The molecule has 1 unspecified atom stereocenters. The number of nitrogens with one attached hydrogen (secondary N) is 1. The Morgan fingerprint density at radius 2 is 1.90 bits per heavy atom. The number of hydrogen-bond acceptors (Lipinski definition) is 2. The number of amides is 1. The summed E-state index contributed by atoms with van der Waals surface area (Å²) in [6.45, 7) is 0. The number of halogens is 5. The van der Waals surface area contributed by atoms with Gasteiger partial charge in [0.15, 0.2) is 0 Å². The summed E-state index contributed by atoms with van der Waals surface area (Å²) in [6.07, 6.45) is -3.67. The van der Waals surface area contributed by atoms with E-state index in [0.29, 0.717) is 5.56 Å². The maximum Gasteiger partial charge on any atom is 0.326 e. The molecule has 110 valence electrons. The molecule has 0 aliphatic carbocycles. The molecule has 1 heterocycles. The van der Waals surface area contributed by atoms with Gasteiger partial charge in [0.25, 0.3) is 0 Å². The van der Waals surface area contributed by atoms with Crippen molar-refractivity contribution in [2.45, 2.75) is 31.2 Å². The fourth-order valence-electron chi connectivity index (χ4n) is 2.00. The molecule has 0 aromatic heterocycles. The molecule has 1 aliphatic rings. The van der Waals surface area contributed by atoms with Crippen molar-refractivity contribution in [3.05, 3.63) is 29.1 Å². The standard InChI is InChI=1S/C12H11F5N2O/c13-7-4-8-5(1-2-9(20)19-8)3-6(7)10(18)12(16,17)11(14)15/h3-4,10-11H,1-2,18H2,(H,19,20). The van der Waals surface area contributed by atoms with Crippen LogP contribution < -0.4 is 11.1 Å². The van der Waals surface area contributed by atoms with Crippen LogP contribution in [0, 0.1) is 5.82 Å². The molecule has 0 saturated carbocycles. The smallest absolute Gasteiger partial charge is 0.326 e. The number of aryl methyl sites for hydroxylation is 1. The molecule has 1 aromatic carbocycles. The molecule has 1 aliphatic heterocycles. The van der Waals surface area contributed by atoms with Crippen molar-refractivity contribution < 1.29 is 26.7 Å². The summed E-state index contributed by atoms with van der Waals surface area (Å²) in [7, 11) is 0. The van der Waals surface area contributed by atoms with Crippen LogP contribution in [0.2, 0.25) is 0 Å². The van der Waals surface area contributed by atoms with Crippen molar-refractivity contribution in [1.82, 2.24) is 0 Å². The summed E-state index contributed by atoms with van der Waals surface area (Å²) in [4.78, 5) is 11.1. The van der Waals surface area contributed by atoms with Gasteiger partial charge < -0.3 is 11.1 Å². The van der Waals surface area contributed by atoms with E-state index < -0.39 is 29.8 Å². The second kappa shape index (κ2) is 5.01. The second-order valence-electron chi connectivity index (χ2n) is 4.53. The van der Waals surface area contributed by atoms with Gasteiger partial charge in [-0.05, 0) is 24.1 Å². The monoisotopic (exact) mass is 294 g/mol. The van der Waals surface area contributed by atoms with Crippen molar-refractivity contribution in [3.63, 3.8) is 0 Å². The van der Waals surface area contributed by atoms with Crippen molar-refractivity contribution in [2.75, 3.05) is 5.32 Å². The average Bonchev–Trinajstić information content (AvgIpc) is 2.36. The summed E-state index contributed by atoms with van der Waals surface area (Å²) in [6, 6.07) is -0.626. The van der Waals surface area contributed by atoms with Crippen molar-refractivity contribution in [1.29, 1.82) is 0 Å². The molecule has 0 fully saturated rings. The maximum atomic E-state index is 13.7. The van der Waals surface area contributed by atoms with E-state index in [1.165, 1.54) is 0 Å². The number of hydrogen-bond donors (Lipinski definition) is 2. The van der Waals surface area contributed by atoms with Crippen molar-refractivity contribution in [3.8, 4) is 0 Å². The van der Waals surface area contributed by atoms with E-state index in [0.717, 1.165) is 12.1 Å². The van der Waals surface area contributed by atoms with Gasteiger partial charge in [0, 0.05) is 17.7 Å². The third kappa shape index (κ3) is 2.47. The molecule has 8 heteroatoms. The summed E-state index contributed by atoms with van der Waals surface area (Å²) in [5, 5.41) is 2.37. The number of anilines is 1. The van der Waals surface area contributed by atoms with Gasteiger partial charge in [0.2, 0.25) is 5.91 Å². The van der Waals surface area contributed by atoms with Gasteiger partial charge in [-0.2, -0.15) is 8.78 Å². The molecule has 0 spiro atoms. The van der Waals surface area contributed by atoms with Gasteiger partial charge in [-0.3, -0.25) is 4.79 Å². The molecule has 0 bridgehead atoms. The minimum absolute atomic E-state index is 0.110. The van der Waals surface area contributed by atoms with Gasteiger partial charge in [-0.25, -0.2) is 13.2 Å². The lowest BCUT2D eigenvalue weighted by molar-refractivity contribution is -0.145. The Morgan fingerprint density at radius 3 is 2.50 bits per heavy atom. The van der Waals surface area contributed by atoms with Crippen LogP contribution in [0.25, 0.3) is 0 Å². The van der Waals surface area contributed by atoms with Crippen LogP contribution in [0.5, 0.6) is 0 Å². The van der Waals surface area contributed by atoms with Crippen LogP contribution in [0.15, 0.2) is 12.1 Å². The van der Waals surface area contributed by atoms with E-state index in [9.17, 15) is 26.7 Å². The first kappa shape index (κ1) is 14.7. The van der Waals surface area contributed by atoms with E-state index >= 15 is 0 Å². The van der Waals surface area contributed by atoms with E-state index in [-0.39, 0.29) is 24.4 Å². The zero-order valence-electron chi connectivity index (χ0n) is 10.1. The summed E-state index contributed by atoms with van der Waals surface area (Å²) >= 11 is 0. The predicted molar refractivity (Wildman–Crippen MR) is 61.2 cm³/mol. The number of nitrogens with two attached hydrogens (primary N) is 1. The first-order chi connectivity index (χ1) is 9.23. The van der Waals surface area contributed by atoms with E-state index in [1.807, 2.05) is 0 Å². The lowest BCUT2D eigenvalue weighted by atomic mass is 9.94. The average molecular weight is 294 g/mol. The van der Waals surface area contributed by atoms with Crippen LogP contribution in [0.1, 0.15) is 23.6 Å². The van der Waals surface area contributed by atoms with Gasteiger partial charge in [0.1, 0.15) is 11.9 Å². The minimum atomic E-state index is -4.53. The van der Waals surface area contributed by atoms with Gasteiger partial charge >= 0.3 is 12.3 Å². The molecule has 2 rings (SSSR count). The number of benzene rings is 1. The van der Waals surface area contributed by atoms with Gasteiger partial charge in [-0.15, -0.1) is 0 Å². The molecule has 1 aromatic rings. The molecule has 0 saturated heterocycles. The molecular weight excluding hydrogens is 283 g/mol. The predicted octanol–water partition coefficient (Wildman–Crippen LogP) is 2.61. The third-order valence-electron chi connectivity index (χ3n) is 3.16. The Morgan fingerprint density at radius 1 is 1.25 bits per heavy atom. The summed E-state index contributed by atoms with van der Waals surface area (Å²) in [5.74, 6) is -6.02. The highest BCUT2D eigenvalue weighted by atomic mass is 19.3. The van der Waals surface area contributed by atoms with E-state index in [1.54, 1.807) is 0 Å². The zero-order valence-corrected chi connectivity index (χ0v) is 10.1. The maximum absolute atomic E-state index is 13.7. The molecule has 3 nitrogen and oxygen atoms in total. The highest BCUT2D eigenvalue weighted by molar-refractivity contribution is 5.93.